The van der Waals surface area contributed by atoms with Crippen LogP contribution in [0.3, 0.4) is 0 Å². The van der Waals surface area contributed by atoms with E-state index in [1.54, 1.807) is 0 Å². The van der Waals surface area contributed by atoms with Gasteiger partial charge >= 0.3 is 6.09 Å². The van der Waals surface area contributed by atoms with Gasteiger partial charge < -0.3 is 15.4 Å². The van der Waals surface area contributed by atoms with Crippen LogP contribution in [-0.2, 0) is 11.3 Å². The lowest BCUT2D eigenvalue weighted by atomic mass is 9.90. The molecule has 0 saturated heterocycles. The molecule has 1 aromatic carbocycles. The molecule has 0 bridgehead atoms. The number of hydrogen-bond acceptors (Lipinski definition) is 3. The number of ether oxygens (including phenoxy) is 1. The summed E-state index contributed by atoms with van der Waals surface area (Å²) in [7, 11) is 0. The molecule has 1 aliphatic carbocycles. The molecule has 1 amide bonds. The molecular weight excluding hydrogens is 276 g/mol. The molecular formula is C18H28N2O2. The Hall–Kier alpha value is -1.55. The summed E-state index contributed by atoms with van der Waals surface area (Å²) in [6, 6.07) is 10.6. The van der Waals surface area contributed by atoms with Crippen molar-refractivity contribution in [2.24, 2.45) is 5.73 Å². The molecule has 0 radical (unpaired) electrons. The maximum atomic E-state index is 12.6. The van der Waals surface area contributed by atoms with Gasteiger partial charge in [-0.25, -0.2) is 4.79 Å². The minimum absolute atomic E-state index is 0.217. The fourth-order valence-corrected chi connectivity index (χ4v) is 2.86. The Kier molecular flexibility index (Phi) is 5.46. The number of amides is 1. The van der Waals surface area contributed by atoms with E-state index >= 15 is 0 Å². The lowest BCUT2D eigenvalue weighted by molar-refractivity contribution is 0.00928. The predicted molar refractivity (Wildman–Crippen MR) is 88.5 cm³/mol. The van der Waals surface area contributed by atoms with Crippen molar-refractivity contribution < 1.29 is 9.53 Å². The Bertz CT molecular complexity index is 474. The van der Waals surface area contributed by atoms with Gasteiger partial charge in [-0.1, -0.05) is 30.3 Å². The van der Waals surface area contributed by atoms with Crippen LogP contribution in [0.2, 0.25) is 0 Å². The van der Waals surface area contributed by atoms with Gasteiger partial charge in [0.25, 0.3) is 0 Å². The van der Waals surface area contributed by atoms with Crippen LogP contribution < -0.4 is 5.73 Å². The van der Waals surface area contributed by atoms with Gasteiger partial charge in [-0.3, -0.25) is 0 Å². The maximum Gasteiger partial charge on any atom is 0.410 e. The molecule has 0 unspecified atom stereocenters. The Morgan fingerprint density at radius 1 is 1.18 bits per heavy atom. The van der Waals surface area contributed by atoms with E-state index in [2.05, 4.69) is 0 Å². The van der Waals surface area contributed by atoms with Crippen molar-refractivity contribution >= 4 is 6.09 Å². The lowest BCUT2D eigenvalue weighted by Crippen LogP contribution is -2.45. The Labute approximate surface area is 133 Å². The largest absolute Gasteiger partial charge is 0.444 e. The van der Waals surface area contributed by atoms with Crippen LogP contribution in [-0.4, -0.2) is 28.7 Å². The number of carbonyl (C=O) groups excluding carboxylic acids is 1. The summed E-state index contributed by atoms with van der Waals surface area (Å²) in [5.41, 5.74) is 6.65. The van der Waals surface area contributed by atoms with Crippen LogP contribution in [0.4, 0.5) is 4.79 Å². The molecule has 122 valence electrons. The molecule has 0 atom stereocenters. The average Bonchev–Trinajstić information content (AvgIpc) is 2.45. The van der Waals surface area contributed by atoms with Gasteiger partial charge in [0.05, 0.1) is 0 Å². The van der Waals surface area contributed by atoms with Gasteiger partial charge in [0.2, 0.25) is 0 Å². The molecule has 22 heavy (non-hydrogen) atoms. The number of nitrogens with zero attached hydrogens (tertiary/aromatic N) is 1. The molecule has 2 N–H and O–H groups in total. The van der Waals surface area contributed by atoms with E-state index < -0.39 is 5.60 Å². The fraction of sp³-hybridized carbons (Fsp3) is 0.611. The van der Waals surface area contributed by atoms with Crippen LogP contribution in [0.5, 0.6) is 0 Å². The fourth-order valence-electron chi connectivity index (χ4n) is 2.86. The van der Waals surface area contributed by atoms with E-state index in [4.69, 9.17) is 10.5 Å². The topological polar surface area (TPSA) is 55.6 Å². The van der Waals surface area contributed by atoms with Crippen molar-refractivity contribution in [3.63, 3.8) is 0 Å². The van der Waals surface area contributed by atoms with Crippen LogP contribution in [0.25, 0.3) is 0 Å². The van der Waals surface area contributed by atoms with Gasteiger partial charge in [-0.05, 0) is 52.0 Å². The minimum Gasteiger partial charge on any atom is -0.444 e. The van der Waals surface area contributed by atoms with Crippen molar-refractivity contribution in [2.75, 3.05) is 0 Å². The Morgan fingerprint density at radius 3 is 2.32 bits per heavy atom. The second-order valence-corrected chi connectivity index (χ2v) is 7.16. The van der Waals surface area contributed by atoms with Crippen molar-refractivity contribution in [3.8, 4) is 0 Å². The molecule has 2 rings (SSSR count). The first kappa shape index (κ1) is 16.8. The molecule has 0 aliphatic heterocycles. The molecule has 0 aromatic heterocycles. The highest BCUT2D eigenvalue weighted by Crippen LogP contribution is 2.25. The number of benzene rings is 1. The Morgan fingerprint density at radius 2 is 1.77 bits per heavy atom. The van der Waals surface area contributed by atoms with E-state index in [1.165, 1.54) is 0 Å². The first-order chi connectivity index (χ1) is 10.3. The number of hydrogen-bond donors (Lipinski definition) is 1. The summed E-state index contributed by atoms with van der Waals surface area (Å²) in [4.78, 5) is 14.5. The molecule has 1 saturated carbocycles. The molecule has 1 aromatic rings. The minimum atomic E-state index is -0.475. The van der Waals surface area contributed by atoms with Gasteiger partial charge in [0, 0.05) is 18.6 Å². The summed E-state index contributed by atoms with van der Waals surface area (Å²) in [6.45, 7) is 6.31. The second kappa shape index (κ2) is 7.14. The van der Waals surface area contributed by atoms with Crippen LogP contribution >= 0.6 is 0 Å². The zero-order chi connectivity index (χ0) is 16.2. The van der Waals surface area contributed by atoms with Crippen LogP contribution in [0.1, 0.15) is 52.0 Å². The van der Waals surface area contributed by atoms with Gasteiger partial charge in [0.15, 0.2) is 0 Å². The zero-order valence-corrected chi connectivity index (χ0v) is 13.9. The predicted octanol–water partition coefficient (Wildman–Crippen LogP) is 3.69. The number of rotatable bonds is 3. The van der Waals surface area contributed by atoms with Gasteiger partial charge in [0.1, 0.15) is 5.60 Å². The standard InChI is InChI=1S/C18H28N2O2/c1-18(2,3)22-17(21)20(13-14-7-5-4-6-8-14)16-11-9-15(19)10-12-16/h4-8,15-16H,9-13,19H2,1-3H3/t15-,16-. The average molecular weight is 304 g/mol. The maximum absolute atomic E-state index is 12.6. The van der Waals surface area contributed by atoms with Crippen LogP contribution in [0.15, 0.2) is 30.3 Å². The summed E-state index contributed by atoms with van der Waals surface area (Å²) >= 11 is 0. The van der Waals surface area contributed by atoms with Crippen LogP contribution in [0, 0.1) is 0 Å². The lowest BCUT2D eigenvalue weighted by Gasteiger charge is -2.37. The summed E-state index contributed by atoms with van der Waals surface area (Å²) in [6.07, 6.45) is 3.62. The van der Waals surface area contributed by atoms with Crippen molar-refractivity contribution in [1.82, 2.24) is 4.90 Å². The SMILES string of the molecule is CC(C)(C)OC(=O)N(Cc1ccccc1)[C@H]1CC[C@H](N)CC1. The molecule has 4 heteroatoms. The quantitative estimate of drug-likeness (QED) is 0.926. The first-order valence-electron chi connectivity index (χ1n) is 8.14. The monoisotopic (exact) mass is 304 g/mol. The normalized spacial score (nSPS) is 22.2. The first-order valence-corrected chi connectivity index (χ1v) is 8.14. The van der Waals surface area contributed by atoms with E-state index in [0.717, 1.165) is 31.2 Å². The highest BCUT2D eigenvalue weighted by Gasteiger charge is 2.30. The van der Waals surface area contributed by atoms with Gasteiger partial charge in [-0.2, -0.15) is 0 Å². The van der Waals surface area contributed by atoms with E-state index in [1.807, 2.05) is 56.0 Å². The van der Waals surface area contributed by atoms with Gasteiger partial charge in [-0.15, -0.1) is 0 Å². The Balaban J connectivity index is 2.11. The third kappa shape index (κ3) is 5.02. The molecule has 0 spiro atoms. The van der Waals surface area contributed by atoms with Crippen molar-refractivity contribution in [1.29, 1.82) is 0 Å². The second-order valence-electron chi connectivity index (χ2n) is 7.16. The summed E-state index contributed by atoms with van der Waals surface area (Å²) in [5.74, 6) is 0. The van der Waals surface area contributed by atoms with E-state index in [0.29, 0.717) is 6.54 Å². The summed E-state index contributed by atoms with van der Waals surface area (Å²) < 4.78 is 5.61. The summed E-state index contributed by atoms with van der Waals surface area (Å²) in [5, 5.41) is 0. The zero-order valence-electron chi connectivity index (χ0n) is 13.9. The third-order valence-electron chi connectivity index (χ3n) is 4.01. The molecule has 4 nitrogen and oxygen atoms in total. The number of nitrogens with two attached hydrogens (primary N) is 1. The highest BCUT2D eigenvalue weighted by atomic mass is 16.6. The third-order valence-corrected chi connectivity index (χ3v) is 4.01. The number of carbonyl (C=O) groups is 1. The van der Waals surface area contributed by atoms with E-state index in [9.17, 15) is 4.79 Å². The highest BCUT2D eigenvalue weighted by molar-refractivity contribution is 5.68. The molecule has 1 fully saturated rings. The smallest absolute Gasteiger partial charge is 0.410 e. The van der Waals surface area contributed by atoms with Crippen molar-refractivity contribution in [3.05, 3.63) is 35.9 Å². The van der Waals surface area contributed by atoms with E-state index in [-0.39, 0.29) is 18.2 Å². The molecule has 1 aliphatic rings. The molecule has 0 heterocycles. The van der Waals surface area contributed by atoms with Crippen molar-refractivity contribution in [2.45, 2.75) is 70.7 Å².